The van der Waals surface area contributed by atoms with Gasteiger partial charge in [-0.1, -0.05) is 29.8 Å². The Hall–Kier alpha value is -2.29. The lowest BCUT2D eigenvalue weighted by Crippen LogP contribution is -2.37. The van der Waals surface area contributed by atoms with Gasteiger partial charge in [-0.25, -0.2) is 4.79 Å². The van der Waals surface area contributed by atoms with Crippen molar-refractivity contribution in [2.24, 2.45) is 0 Å². The summed E-state index contributed by atoms with van der Waals surface area (Å²) in [5.74, 6) is -0.0171. The normalized spacial score (nSPS) is 17.7. The Bertz CT molecular complexity index is 989. The van der Waals surface area contributed by atoms with E-state index in [-0.39, 0.29) is 0 Å². The molecule has 1 unspecified atom stereocenters. The SMILES string of the molecule is CC1(C)c2cc(CS(=O)(=O)O)ccc2OC1OC(=O)Nc1cccc(Cl)c1. The Morgan fingerprint density at radius 3 is 2.70 bits per heavy atom. The number of amides is 1. The zero-order valence-corrected chi connectivity index (χ0v) is 16.2. The number of halogens is 1. The molecule has 1 amide bonds. The van der Waals surface area contributed by atoms with Gasteiger partial charge in [-0.15, -0.1) is 0 Å². The first-order valence-corrected chi connectivity index (χ1v) is 10.0. The van der Waals surface area contributed by atoms with E-state index in [1.807, 2.05) is 13.8 Å². The van der Waals surface area contributed by atoms with E-state index in [0.717, 1.165) is 0 Å². The van der Waals surface area contributed by atoms with E-state index >= 15 is 0 Å². The molecule has 3 rings (SSSR count). The summed E-state index contributed by atoms with van der Waals surface area (Å²) in [5, 5.41) is 3.05. The second-order valence-corrected chi connectivity index (χ2v) is 8.66. The highest BCUT2D eigenvalue weighted by molar-refractivity contribution is 7.85. The van der Waals surface area contributed by atoms with E-state index in [0.29, 0.717) is 27.6 Å². The van der Waals surface area contributed by atoms with Crippen molar-refractivity contribution in [3.05, 3.63) is 58.6 Å². The molecule has 0 fully saturated rings. The first-order chi connectivity index (χ1) is 12.5. The standard InChI is InChI=1S/C18H18ClNO6S/c1-18(2)14-8-11(10-27(22,23)24)6-7-15(14)25-16(18)26-17(21)20-13-5-3-4-12(19)9-13/h3-9,16H,10H2,1-2H3,(H,20,21)(H,22,23,24). The molecule has 2 N–H and O–H groups in total. The molecule has 1 atom stereocenters. The Labute approximate surface area is 162 Å². The number of benzene rings is 2. The molecule has 0 bridgehead atoms. The molecule has 0 saturated heterocycles. The fraction of sp³-hybridized carbons (Fsp3) is 0.278. The van der Waals surface area contributed by atoms with Gasteiger partial charge in [0.05, 0.1) is 5.41 Å². The fourth-order valence-corrected chi connectivity index (χ4v) is 3.65. The second kappa shape index (κ2) is 7.03. The zero-order chi connectivity index (χ0) is 19.8. The van der Waals surface area contributed by atoms with Gasteiger partial charge in [0.1, 0.15) is 11.5 Å². The summed E-state index contributed by atoms with van der Waals surface area (Å²) in [5.41, 5.74) is 0.855. The molecule has 2 aromatic carbocycles. The number of hydrogen-bond acceptors (Lipinski definition) is 5. The van der Waals surface area contributed by atoms with Crippen LogP contribution in [0.15, 0.2) is 42.5 Å². The van der Waals surface area contributed by atoms with Crippen LogP contribution in [-0.2, 0) is 26.0 Å². The molecule has 0 spiro atoms. The number of carbonyl (C=O) groups excluding carboxylic acids is 1. The highest BCUT2D eigenvalue weighted by Gasteiger charge is 2.44. The molecule has 9 heteroatoms. The topological polar surface area (TPSA) is 102 Å². The van der Waals surface area contributed by atoms with Gasteiger partial charge in [0, 0.05) is 16.3 Å². The third-order valence-electron chi connectivity index (χ3n) is 4.20. The number of hydrogen-bond donors (Lipinski definition) is 2. The van der Waals surface area contributed by atoms with E-state index in [9.17, 15) is 13.2 Å². The molecule has 0 radical (unpaired) electrons. The Morgan fingerprint density at radius 1 is 1.30 bits per heavy atom. The quantitative estimate of drug-likeness (QED) is 0.738. The van der Waals surface area contributed by atoms with Gasteiger partial charge in [0.25, 0.3) is 16.4 Å². The molecule has 0 aromatic heterocycles. The van der Waals surface area contributed by atoms with E-state index in [2.05, 4.69) is 5.32 Å². The Morgan fingerprint density at radius 2 is 2.04 bits per heavy atom. The molecular weight excluding hydrogens is 394 g/mol. The molecule has 0 saturated carbocycles. The van der Waals surface area contributed by atoms with Crippen molar-refractivity contribution >= 4 is 33.5 Å². The Kier molecular flexibility index (Phi) is 5.07. The summed E-state index contributed by atoms with van der Waals surface area (Å²) in [7, 11) is -4.15. The van der Waals surface area contributed by atoms with E-state index < -0.39 is 33.7 Å². The predicted molar refractivity (Wildman–Crippen MR) is 101 cm³/mol. The zero-order valence-electron chi connectivity index (χ0n) is 14.6. The summed E-state index contributed by atoms with van der Waals surface area (Å²) < 4.78 is 42.4. The fourth-order valence-electron chi connectivity index (χ4n) is 2.86. The van der Waals surface area contributed by atoms with Gasteiger partial charge >= 0.3 is 6.09 Å². The van der Waals surface area contributed by atoms with Crippen LogP contribution in [0.4, 0.5) is 10.5 Å². The molecule has 1 heterocycles. The molecular formula is C18H18ClNO6S. The maximum atomic E-state index is 12.2. The number of carbonyl (C=O) groups is 1. The van der Waals surface area contributed by atoms with E-state index in [1.54, 1.807) is 36.4 Å². The van der Waals surface area contributed by atoms with Crippen LogP contribution in [0.5, 0.6) is 5.75 Å². The monoisotopic (exact) mass is 411 g/mol. The first-order valence-electron chi connectivity index (χ1n) is 8.03. The van der Waals surface area contributed by atoms with Crippen LogP contribution in [0.1, 0.15) is 25.0 Å². The van der Waals surface area contributed by atoms with Crippen LogP contribution >= 0.6 is 11.6 Å². The highest BCUT2D eigenvalue weighted by atomic mass is 35.5. The maximum Gasteiger partial charge on any atom is 0.414 e. The van der Waals surface area contributed by atoms with Crippen LogP contribution in [0, 0.1) is 0 Å². The molecule has 144 valence electrons. The number of rotatable bonds is 4. The average molecular weight is 412 g/mol. The van der Waals surface area contributed by atoms with Crippen LogP contribution in [-0.4, -0.2) is 25.4 Å². The minimum absolute atomic E-state index is 0.414. The minimum Gasteiger partial charge on any atom is -0.453 e. The van der Waals surface area contributed by atoms with Crippen molar-refractivity contribution in [2.75, 3.05) is 5.32 Å². The summed E-state index contributed by atoms with van der Waals surface area (Å²) in [4.78, 5) is 12.2. The highest BCUT2D eigenvalue weighted by Crippen LogP contribution is 2.43. The van der Waals surface area contributed by atoms with Gasteiger partial charge in [0.15, 0.2) is 0 Å². The van der Waals surface area contributed by atoms with E-state index in [4.69, 9.17) is 25.6 Å². The Balaban J connectivity index is 1.75. The van der Waals surface area contributed by atoms with Crippen molar-refractivity contribution in [2.45, 2.75) is 31.3 Å². The maximum absolute atomic E-state index is 12.2. The van der Waals surface area contributed by atoms with Crippen LogP contribution in [0.3, 0.4) is 0 Å². The summed E-state index contributed by atoms with van der Waals surface area (Å²) in [6, 6.07) is 11.4. The lowest BCUT2D eigenvalue weighted by atomic mass is 9.85. The summed E-state index contributed by atoms with van der Waals surface area (Å²) in [6.45, 7) is 3.63. The number of fused-ring (bicyclic) bond motifs is 1. The van der Waals surface area contributed by atoms with Crippen LogP contribution in [0.25, 0.3) is 0 Å². The van der Waals surface area contributed by atoms with Crippen molar-refractivity contribution in [1.82, 2.24) is 0 Å². The third kappa shape index (κ3) is 4.52. The largest absolute Gasteiger partial charge is 0.453 e. The lowest BCUT2D eigenvalue weighted by Gasteiger charge is -2.25. The number of anilines is 1. The van der Waals surface area contributed by atoms with Crippen molar-refractivity contribution < 1.29 is 27.2 Å². The van der Waals surface area contributed by atoms with Gasteiger partial charge in [-0.05, 0) is 43.7 Å². The van der Waals surface area contributed by atoms with Gasteiger partial charge in [0.2, 0.25) is 0 Å². The van der Waals surface area contributed by atoms with Crippen molar-refractivity contribution in [1.29, 1.82) is 0 Å². The second-order valence-electron chi connectivity index (χ2n) is 6.77. The molecule has 1 aliphatic rings. The van der Waals surface area contributed by atoms with E-state index in [1.165, 1.54) is 6.07 Å². The minimum atomic E-state index is -4.15. The van der Waals surface area contributed by atoms with Gasteiger partial charge in [-0.2, -0.15) is 8.42 Å². The third-order valence-corrected chi connectivity index (χ3v) is 5.13. The molecule has 27 heavy (non-hydrogen) atoms. The van der Waals surface area contributed by atoms with Gasteiger partial charge in [-0.3, -0.25) is 9.87 Å². The average Bonchev–Trinajstić information content (AvgIpc) is 2.77. The number of nitrogens with one attached hydrogen (secondary N) is 1. The smallest absolute Gasteiger partial charge is 0.414 e. The van der Waals surface area contributed by atoms with Crippen molar-refractivity contribution in [3.8, 4) is 5.75 Å². The van der Waals surface area contributed by atoms with Crippen molar-refractivity contribution in [3.63, 3.8) is 0 Å². The predicted octanol–water partition coefficient (Wildman–Crippen LogP) is 3.97. The van der Waals surface area contributed by atoms with Gasteiger partial charge < -0.3 is 9.47 Å². The van der Waals surface area contributed by atoms with Crippen LogP contribution in [0.2, 0.25) is 5.02 Å². The first kappa shape index (κ1) is 19.5. The molecule has 7 nitrogen and oxygen atoms in total. The number of ether oxygens (including phenoxy) is 2. The molecule has 2 aromatic rings. The molecule has 1 aliphatic heterocycles. The summed E-state index contributed by atoms with van der Waals surface area (Å²) in [6.07, 6.45) is -1.62. The summed E-state index contributed by atoms with van der Waals surface area (Å²) >= 11 is 5.89. The lowest BCUT2D eigenvalue weighted by molar-refractivity contribution is -0.0512. The van der Waals surface area contributed by atoms with Crippen LogP contribution < -0.4 is 10.1 Å². The molecule has 0 aliphatic carbocycles.